The number of morpholine rings is 1. The molecule has 1 heterocycles. The lowest BCUT2D eigenvalue weighted by Gasteiger charge is -2.36. The summed E-state index contributed by atoms with van der Waals surface area (Å²) in [7, 11) is 0. The maximum Gasteiger partial charge on any atom is 0.162 e. The Morgan fingerprint density at radius 3 is 2.75 bits per heavy atom. The lowest BCUT2D eigenvalue weighted by Crippen LogP contribution is -2.47. The van der Waals surface area contributed by atoms with Gasteiger partial charge >= 0.3 is 0 Å². The summed E-state index contributed by atoms with van der Waals surface area (Å²) in [4.78, 5) is 14.3. The molecule has 1 aromatic carbocycles. The number of nitrogens with zero attached hydrogens (tertiary/aromatic N) is 1. The molecule has 2 rings (SSSR count). The Morgan fingerprint density at radius 2 is 2.05 bits per heavy atom. The minimum Gasteiger partial charge on any atom is -0.376 e. The fourth-order valence-electron chi connectivity index (χ4n) is 2.51. The van der Waals surface area contributed by atoms with Crippen molar-refractivity contribution in [2.75, 3.05) is 19.7 Å². The van der Waals surface area contributed by atoms with E-state index >= 15 is 0 Å². The molecule has 0 radical (unpaired) electrons. The van der Waals surface area contributed by atoms with E-state index in [0.29, 0.717) is 18.0 Å². The minimum absolute atomic E-state index is 0.0824. The zero-order chi connectivity index (χ0) is 14.5. The van der Waals surface area contributed by atoms with Gasteiger partial charge in [0.15, 0.2) is 5.78 Å². The molecule has 20 heavy (non-hydrogen) atoms. The lowest BCUT2D eigenvalue weighted by molar-refractivity contribution is -0.0494. The second kappa shape index (κ2) is 6.95. The summed E-state index contributed by atoms with van der Waals surface area (Å²) < 4.78 is 18.4. The van der Waals surface area contributed by atoms with E-state index in [1.54, 1.807) is 12.1 Å². The highest BCUT2D eigenvalue weighted by Crippen LogP contribution is 2.13. The number of carbonyl (C=O) groups is 1. The molecule has 1 aliphatic heterocycles. The highest BCUT2D eigenvalue weighted by molar-refractivity contribution is 5.95. The Bertz CT molecular complexity index is 446. The SMILES string of the molecule is CC1CN(CCCC(=O)c2ccc(F)cc2)C(C)CO1. The van der Waals surface area contributed by atoms with Crippen molar-refractivity contribution < 1.29 is 13.9 Å². The van der Waals surface area contributed by atoms with Crippen LogP contribution in [0, 0.1) is 5.82 Å². The smallest absolute Gasteiger partial charge is 0.162 e. The average Bonchev–Trinajstić information content (AvgIpc) is 2.43. The van der Waals surface area contributed by atoms with Gasteiger partial charge in [-0.05, 0) is 51.1 Å². The molecule has 0 aromatic heterocycles. The maximum absolute atomic E-state index is 12.8. The van der Waals surface area contributed by atoms with E-state index < -0.39 is 0 Å². The van der Waals surface area contributed by atoms with Gasteiger partial charge in [0.1, 0.15) is 5.82 Å². The van der Waals surface area contributed by atoms with E-state index in [4.69, 9.17) is 4.74 Å². The van der Waals surface area contributed by atoms with Crippen molar-refractivity contribution in [1.29, 1.82) is 0 Å². The quantitative estimate of drug-likeness (QED) is 0.776. The molecule has 2 atom stereocenters. The predicted molar refractivity (Wildman–Crippen MR) is 76.4 cm³/mol. The summed E-state index contributed by atoms with van der Waals surface area (Å²) in [6.45, 7) is 6.80. The lowest BCUT2D eigenvalue weighted by atomic mass is 10.1. The number of halogens is 1. The monoisotopic (exact) mass is 279 g/mol. The molecule has 0 bridgehead atoms. The van der Waals surface area contributed by atoms with Gasteiger partial charge in [0.2, 0.25) is 0 Å². The van der Waals surface area contributed by atoms with Gasteiger partial charge in [-0.1, -0.05) is 0 Å². The molecule has 2 unspecified atom stereocenters. The summed E-state index contributed by atoms with van der Waals surface area (Å²) in [6, 6.07) is 6.18. The first kappa shape index (κ1) is 15.1. The van der Waals surface area contributed by atoms with Crippen LogP contribution in [0.4, 0.5) is 4.39 Å². The largest absolute Gasteiger partial charge is 0.376 e. The molecule has 0 N–H and O–H groups in total. The van der Waals surface area contributed by atoms with E-state index in [-0.39, 0.29) is 17.7 Å². The van der Waals surface area contributed by atoms with Crippen LogP contribution in [0.5, 0.6) is 0 Å². The van der Waals surface area contributed by atoms with Crippen molar-refractivity contribution in [3.05, 3.63) is 35.6 Å². The van der Waals surface area contributed by atoms with E-state index in [0.717, 1.165) is 26.1 Å². The maximum atomic E-state index is 12.8. The van der Waals surface area contributed by atoms with Crippen molar-refractivity contribution in [2.45, 2.75) is 38.8 Å². The van der Waals surface area contributed by atoms with Gasteiger partial charge < -0.3 is 4.74 Å². The molecule has 0 saturated carbocycles. The number of hydrogen-bond donors (Lipinski definition) is 0. The summed E-state index contributed by atoms with van der Waals surface area (Å²) in [5, 5.41) is 0. The predicted octanol–water partition coefficient (Wildman–Crippen LogP) is 2.90. The van der Waals surface area contributed by atoms with Crippen molar-refractivity contribution in [3.63, 3.8) is 0 Å². The molecule has 1 saturated heterocycles. The van der Waals surface area contributed by atoms with Crippen molar-refractivity contribution in [1.82, 2.24) is 4.90 Å². The highest BCUT2D eigenvalue weighted by Gasteiger charge is 2.22. The van der Waals surface area contributed by atoms with Crippen LogP contribution in [0.2, 0.25) is 0 Å². The number of hydrogen-bond acceptors (Lipinski definition) is 3. The van der Waals surface area contributed by atoms with E-state index in [1.165, 1.54) is 12.1 Å². The van der Waals surface area contributed by atoms with E-state index in [2.05, 4.69) is 18.7 Å². The molecule has 0 amide bonds. The second-order valence-electron chi connectivity index (χ2n) is 5.52. The van der Waals surface area contributed by atoms with Crippen LogP contribution in [0.1, 0.15) is 37.0 Å². The van der Waals surface area contributed by atoms with Gasteiger partial charge in [0.25, 0.3) is 0 Å². The van der Waals surface area contributed by atoms with Crippen LogP contribution in [0.3, 0.4) is 0 Å². The standard InChI is InChI=1S/C16H22FNO2/c1-12-11-20-13(2)10-18(12)9-3-4-16(19)14-5-7-15(17)8-6-14/h5-8,12-13H,3-4,9-11H2,1-2H3. The molecule has 0 spiro atoms. The Balaban J connectivity index is 1.77. The number of ketones is 1. The van der Waals surface area contributed by atoms with Crippen LogP contribution in [0.25, 0.3) is 0 Å². The fourth-order valence-corrected chi connectivity index (χ4v) is 2.51. The molecular formula is C16H22FNO2. The van der Waals surface area contributed by atoms with Crippen molar-refractivity contribution in [3.8, 4) is 0 Å². The molecule has 0 aliphatic carbocycles. The number of Topliss-reactive ketones (excluding diaryl/α,β-unsaturated/α-hetero) is 1. The third-order valence-electron chi connectivity index (χ3n) is 3.75. The topological polar surface area (TPSA) is 29.5 Å². The van der Waals surface area contributed by atoms with Gasteiger partial charge in [0, 0.05) is 24.6 Å². The van der Waals surface area contributed by atoms with Gasteiger partial charge in [0.05, 0.1) is 12.7 Å². The van der Waals surface area contributed by atoms with Crippen LogP contribution >= 0.6 is 0 Å². The zero-order valence-corrected chi connectivity index (χ0v) is 12.1. The van der Waals surface area contributed by atoms with Crippen molar-refractivity contribution >= 4 is 5.78 Å². The van der Waals surface area contributed by atoms with Crippen LogP contribution in [-0.4, -0.2) is 42.5 Å². The first-order chi connectivity index (χ1) is 9.56. The van der Waals surface area contributed by atoms with Gasteiger partial charge in [-0.3, -0.25) is 9.69 Å². The summed E-state index contributed by atoms with van der Waals surface area (Å²) >= 11 is 0. The van der Waals surface area contributed by atoms with Gasteiger partial charge in [-0.2, -0.15) is 0 Å². The van der Waals surface area contributed by atoms with Crippen molar-refractivity contribution in [2.24, 2.45) is 0 Å². The molecule has 110 valence electrons. The Hall–Kier alpha value is -1.26. The van der Waals surface area contributed by atoms with E-state index in [9.17, 15) is 9.18 Å². The van der Waals surface area contributed by atoms with Crippen LogP contribution in [-0.2, 0) is 4.74 Å². The third-order valence-corrected chi connectivity index (χ3v) is 3.75. The molecule has 1 aromatic rings. The van der Waals surface area contributed by atoms with E-state index in [1.807, 2.05) is 0 Å². The Kier molecular flexibility index (Phi) is 5.26. The number of rotatable bonds is 5. The second-order valence-corrected chi connectivity index (χ2v) is 5.52. The zero-order valence-electron chi connectivity index (χ0n) is 12.1. The summed E-state index contributed by atoms with van der Waals surface area (Å²) in [5.41, 5.74) is 0.592. The third kappa shape index (κ3) is 4.12. The summed E-state index contributed by atoms with van der Waals surface area (Å²) in [5.74, 6) is -0.225. The number of ether oxygens (including phenoxy) is 1. The van der Waals surface area contributed by atoms with Gasteiger partial charge in [-0.25, -0.2) is 4.39 Å². The number of benzene rings is 1. The fraction of sp³-hybridized carbons (Fsp3) is 0.562. The molecular weight excluding hydrogens is 257 g/mol. The Morgan fingerprint density at radius 1 is 1.35 bits per heavy atom. The highest BCUT2D eigenvalue weighted by atomic mass is 19.1. The average molecular weight is 279 g/mol. The van der Waals surface area contributed by atoms with Crippen LogP contribution in [0.15, 0.2) is 24.3 Å². The minimum atomic E-state index is -0.308. The van der Waals surface area contributed by atoms with Gasteiger partial charge in [-0.15, -0.1) is 0 Å². The number of carbonyl (C=O) groups excluding carboxylic acids is 1. The molecule has 3 nitrogen and oxygen atoms in total. The molecule has 1 fully saturated rings. The summed E-state index contributed by atoms with van der Waals surface area (Å²) in [6.07, 6.45) is 1.59. The first-order valence-corrected chi connectivity index (χ1v) is 7.20. The molecule has 1 aliphatic rings. The Labute approximate surface area is 119 Å². The first-order valence-electron chi connectivity index (χ1n) is 7.20. The molecule has 4 heteroatoms. The van der Waals surface area contributed by atoms with Crippen LogP contribution < -0.4 is 0 Å². The normalized spacial score (nSPS) is 23.8.